The molecule has 0 bridgehead atoms. The molecule has 1 nitrogen and oxygen atoms in total. The number of halogens is 2. The summed E-state index contributed by atoms with van der Waals surface area (Å²) in [6.45, 7) is -0.222. The molecule has 1 rings (SSSR count). The molecule has 0 spiro atoms. The van der Waals surface area contributed by atoms with Crippen LogP contribution in [0.2, 0.25) is 0 Å². The molecule has 0 radical (unpaired) electrons. The Balaban J connectivity index is 0.00000121. The minimum Gasteiger partial charge on any atom is -0.618 e. The average Bonchev–Trinajstić information content (AvgIpc) is 1.93. The van der Waals surface area contributed by atoms with Crippen LogP contribution in [0.15, 0.2) is 18.2 Å². The summed E-state index contributed by atoms with van der Waals surface area (Å²) in [4.78, 5) is 0. The van der Waals surface area contributed by atoms with Crippen LogP contribution in [0.25, 0.3) is 0 Å². The molecule has 4 heteroatoms. The summed E-state index contributed by atoms with van der Waals surface area (Å²) in [5, 5.41) is 0. The molecule has 0 fully saturated rings. The average molecular weight is 394 g/mol. The zero-order chi connectivity index (χ0) is 8.27. The summed E-state index contributed by atoms with van der Waals surface area (Å²) in [6.07, 6.45) is 0. The van der Waals surface area contributed by atoms with Crippen LogP contribution in [0.3, 0.4) is 0 Å². The van der Waals surface area contributed by atoms with Gasteiger partial charge in [-0.3, -0.25) is 0 Å². The molecule has 0 heterocycles. The van der Waals surface area contributed by atoms with Crippen molar-refractivity contribution in [2.45, 2.75) is 6.92 Å². The zero-order valence-corrected chi connectivity index (χ0v) is 10.6. The molecule has 1 aromatic carbocycles. The largest absolute Gasteiger partial charge is 2.00 e. The van der Waals surface area contributed by atoms with Gasteiger partial charge >= 0.3 is 31.1 Å². The van der Waals surface area contributed by atoms with Crippen molar-refractivity contribution in [1.29, 1.82) is 0 Å². The van der Waals surface area contributed by atoms with E-state index in [1.807, 2.05) is 6.92 Å². The van der Waals surface area contributed by atoms with Crippen molar-refractivity contribution in [3.05, 3.63) is 36.4 Å². The summed E-state index contributed by atoms with van der Waals surface area (Å²) in [7, 11) is 0. The van der Waals surface area contributed by atoms with Gasteiger partial charge in [-0.15, -0.1) is 12.1 Å². The van der Waals surface area contributed by atoms with Crippen molar-refractivity contribution in [3.63, 3.8) is 0 Å². The minimum atomic E-state index is -2.06. The zero-order valence-electron chi connectivity index (χ0n) is 6.40. The van der Waals surface area contributed by atoms with Crippen LogP contribution in [0.1, 0.15) is 5.56 Å². The van der Waals surface area contributed by atoms with E-state index in [0.29, 0.717) is 0 Å². The van der Waals surface area contributed by atoms with Crippen molar-refractivity contribution in [1.82, 2.24) is 0 Å². The van der Waals surface area contributed by atoms with Gasteiger partial charge in [-0.05, 0) is 5.75 Å². The van der Waals surface area contributed by atoms with Gasteiger partial charge < -0.3 is 13.5 Å². The molecule has 0 aliphatic carbocycles. The summed E-state index contributed by atoms with van der Waals surface area (Å²) < 4.78 is 27.0. The van der Waals surface area contributed by atoms with E-state index >= 15 is 0 Å². The fourth-order valence-electron chi connectivity index (χ4n) is 0.635. The van der Waals surface area contributed by atoms with Crippen LogP contribution < -0.4 is 4.74 Å². The van der Waals surface area contributed by atoms with Gasteiger partial charge in [-0.25, -0.2) is 0 Å². The molecule has 0 aliphatic rings. The van der Waals surface area contributed by atoms with Crippen LogP contribution >= 0.6 is 0 Å². The van der Waals surface area contributed by atoms with Gasteiger partial charge in [0.25, 0.3) is 0 Å². The van der Waals surface area contributed by atoms with Crippen LogP contribution in [0.4, 0.5) is 8.78 Å². The SMILES string of the molecule is Cc1c[c-]c(O[C-](F)F)cc1.[U+2]. The molecule has 0 N–H and O–H groups in total. The molecule has 62 valence electrons. The molecule has 0 amide bonds. The number of rotatable bonds is 2. The summed E-state index contributed by atoms with van der Waals surface area (Å²) in [5.41, 5.74) is 0.955. The van der Waals surface area contributed by atoms with Gasteiger partial charge in [0.2, 0.25) is 0 Å². The van der Waals surface area contributed by atoms with E-state index in [1.165, 1.54) is 6.07 Å². The first-order valence-electron chi connectivity index (χ1n) is 3.02. The van der Waals surface area contributed by atoms with E-state index in [0.717, 1.165) is 5.56 Å². The number of aryl methyl sites for hydroxylation is 1. The Morgan fingerprint density at radius 1 is 1.42 bits per heavy atom. The summed E-state index contributed by atoms with van der Waals surface area (Å²) in [5.74, 6) is 0.0376. The summed E-state index contributed by atoms with van der Waals surface area (Å²) >= 11 is 0. The second-order valence-corrected chi connectivity index (χ2v) is 2.06. The van der Waals surface area contributed by atoms with Gasteiger partial charge in [-0.2, -0.15) is 17.7 Å². The molecular formula is C8H6F2OU. The first-order valence-corrected chi connectivity index (χ1v) is 3.02. The van der Waals surface area contributed by atoms with Gasteiger partial charge in [0.15, 0.2) is 6.61 Å². The maximum Gasteiger partial charge on any atom is 2.00 e. The smallest absolute Gasteiger partial charge is 0.618 e. The first-order chi connectivity index (χ1) is 5.18. The second-order valence-electron chi connectivity index (χ2n) is 2.06. The number of hydrogen-bond donors (Lipinski definition) is 0. The van der Waals surface area contributed by atoms with Crippen LogP contribution in [0.5, 0.6) is 5.75 Å². The Bertz CT molecular complexity index is 223. The Kier molecular flexibility index (Phi) is 5.52. The van der Waals surface area contributed by atoms with Gasteiger partial charge in [0, 0.05) is 0 Å². The van der Waals surface area contributed by atoms with Crippen molar-refractivity contribution in [2.24, 2.45) is 0 Å². The fraction of sp³-hybridized carbons (Fsp3) is 0.125. The van der Waals surface area contributed by atoms with Crippen LogP contribution in [0, 0.1) is 50.7 Å². The molecule has 0 aliphatic heterocycles. The molecule has 12 heavy (non-hydrogen) atoms. The number of hydrogen-bond acceptors (Lipinski definition) is 1. The Hall–Kier alpha value is -0.0681. The van der Waals surface area contributed by atoms with Crippen molar-refractivity contribution >= 4 is 0 Å². The van der Waals surface area contributed by atoms with E-state index in [2.05, 4.69) is 10.8 Å². The van der Waals surface area contributed by atoms with Crippen molar-refractivity contribution in [3.8, 4) is 5.75 Å². The normalized spacial score (nSPS) is 9.33. The van der Waals surface area contributed by atoms with E-state index in [1.54, 1.807) is 12.1 Å². The fourth-order valence-corrected chi connectivity index (χ4v) is 0.635. The maximum atomic E-state index is 11.5. The molecule has 0 atom stereocenters. The second kappa shape index (κ2) is 5.56. The quantitative estimate of drug-likeness (QED) is 0.701. The Morgan fingerprint density at radius 2 is 2.08 bits per heavy atom. The van der Waals surface area contributed by atoms with E-state index < -0.39 is 6.61 Å². The third-order valence-electron chi connectivity index (χ3n) is 1.13. The molecule has 0 unspecified atom stereocenters. The third-order valence-corrected chi connectivity index (χ3v) is 1.13. The monoisotopic (exact) mass is 394 g/mol. The Morgan fingerprint density at radius 3 is 2.50 bits per heavy atom. The first kappa shape index (κ1) is 11.9. The maximum absolute atomic E-state index is 11.5. The Labute approximate surface area is 93.5 Å². The molecule has 0 saturated heterocycles. The van der Waals surface area contributed by atoms with Crippen molar-refractivity contribution < 1.29 is 44.6 Å². The van der Waals surface area contributed by atoms with Crippen molar-refractivity contribution in [2.75, 3.05) is 0 Å². The van der Waals surface area contributed by atoms with E-state index in [9.17, 15) is 8.78 Å². The van der Waals surface area contributed by atoms with E-state index in [4.69, 9.17) is 0 Å². The third kappa shape index (κ3) is 4.08. The van der Waals surface area contributed by atoms with Gasteiger partial charge in [-0.1, -0.05) is 6.92 Å². The molecular weight excluding hydrogens is 388 g/mol. The summed E-state index contributed by atoms with van der Waals surface area (Å²) in [6, 6.07) is 7.24. The van der Waals surface area contributed by atoms with Crippen LogP contribution in [-0.4, -0.2) is 0 Å². The van der Waals surface area contributed by atoms with E-state index in [-0.39, 0.29) is 36.9 Å². The predicted molar refractivity (Wildman–Crippen MR) is 36.1 cm³/mol. The molecule has 1 aromatic rings. The van der Waals surface area contributed by atoms with Crippen LogP contribution in [-0.2, 0) is 0 Å². The minimum absolute atomic E-state index is 0. The predicted octanol–water partition coefficient (Wildman–Crippen LogP) is 2.56. The number of ether oxygens (including phenoxy) is 1. The van der Waals surface area contributed by atoms with Gasteiger partial charge in [0.05, 0.1) is 0 Å². The van der Waals surface area contributed by atoms with Gasteiger partial charge in [0.1, 0.15) is 0 Å². The standard InChI is InChI=1S/C8H6F2O.U/c1-6-2-4-7(5-3-6)11-8(9)10;/h2-4H,1H3;/q-2;+2. The molecule has 0 aromatic heterocycles. The number of benzene rings is 1. The molecule has 0 saturated carbocycles. The topological polar surface area (TPSA) is 9.23 Å².